The highest BCUT2D eigenvalue weighted by molar-refractivity contribution is 5.92. The second kappa shape index (κ2) is 6.17. The molecule has 1 saturated heterocycles. The largest absolute Gasteiger partial charge is 0.378 e. The average molecular weight is 262 g/mol. The number of benzene rings is 1. The van der Waals surface area contributed by atoms with Crippen LogP contribution in [0.15, 0.2) is 12.1 Å². The summed E-state index contributed by atoms with van der Waals surface area (Å²) >= 11 is 0. The lowest BCUT2D eigenvalue weighted by Gasteiger charge is -2.23. The Labute approximate surface area is 114 Å². The first-order valence-corrected chi connectivity index (χ1v) is 6.75. The van der Waals surface area contributed by atoms with E-state index in [0.29, 0.717) is 13.0 Å². The highest BCUT2D eigenvalue weighted by Crippen LogP contribution is 2.21. The maximum absolute atomic E-state index is 12.0. The molecule has 1 aliphatic rings. The van der Waals surface area contributed by atoms with E-state index in [1.54, 1.807) is 0 Å². The summed E-state index contributed by atoms with van der Waals surface area (Å²) in [5, 5.41) is 6.28. The molecule has 0 bridgehead atoms. The smallest absolute Gasteiger partial charge is 0.226 e. The molecule has 19 heavy (non-hydrogen) atoms. The van der Waals surface area contributed by atoms with E-state index in [0.717, 1.165) is 24.4 Å². The van der Waals surface area contributed by atoms with Gasteiger partial charge in [0.05, 0.1) is 13.2 Å². The van der Waals surface area contributed by atoms with E-state index < -0.39 is 0 Å². The average Bonchev–Trinajstić information content (AvgIpc) is 2.41. The molecule has 1 fully saturated rings. The summed E-state index contributed by atoms with van der Waals surface area (Å²) in [5.41, 5.74) is 4.53. The molecule has 0 radical (unpaired) electrons. The third-order valence-corrected chi connectivity index (χ3v) is 3.76. The Morgan fingerprint density at radius 2 is 2.16 bits per heavy atom. The first kappa shape index (κ1) is 14.0. The Bertz CT molecular complexity index is 465. The summed E-state index contributed by atoms with van der Waals surface area (Å²) in [4.78, 5) is 12.0. The fourth-order valence-corrected chi connectivity index (χ4v) is 2.27. The molecular weight excluding hydrogens is 240 g/mol. The lowest BCUT2D eigenvalue weighted by molar-refractivity contribution is -0.117. The predicted octanol–water partition coefficient (Wildman–Crippen LogP) is 1.93. The van der Waals surface area contributed by atoms with E-state index in [1.807, 2.05) is 19.1 Å². The molecule has 1 aliphatic heterocycles. The van der Waals surface area contributed by atoms with Gasteiger partial charge in [0.25, 0.3) is 0 Å². The molecular formula is C15H22N2O2. The van der Waals surface area contributed by atoms with Crippen LogP contribution in [0.5, 0.6) is 0 Å². The monoisotopic (exact) mass is 262 g/mol. The van der Waals surface area contributed by atoms with Crippen molar-refractivity contribution in [2.75, 3.05) is 25.1 Å². The number of rotatable bonds is 3. The van der Waals surface area contributed by atoms with Crippen LogP contribution in [-0.4, -0.2) is 31.7 Å². The highest BCUT2D eigenvalue weighted by atomic mass is 16.5. The summed E-state index contributed by atoms with van der Waals surface area (Å²) < 4.78 is 5.35. The fraction of sp³-hybridized carbons (Fsp3) is 0.533. The second-order valence-corrected chi connectivity index (χ2v) is 5.16. The first-order chi connectivity index (χ1) is 9.08. The van der Waals surface area contributed by atoms with Gasteiger partial charge in [0, 0.05) is 24.7 Å². The third-order valence-electron chi connectivity index (χ3n) is 3.76. The van der Waals surface area contributed by atoms with Crippen LogP contribution in [0.4, 0.5) is 5.69 Å². The third kappa shape index (κ3) is 3.55. The molecule has 0 saturated carbocycles. The first-order valence-electron chi connectivity index (χ1n) is 6.75. The van der Waals surface area contributed by atoms with Crippen molar-refractivity contribution in [3.05, 3.63) is 28.8 Å². The van der Waals surface area contributed by atoms with Crippen molar-refractivity contribution >= 4 is 11.6 Å². The number of nitrogens with one attached hydrogen (secondary N) is 2. The molecule has 2 rings (SSSR count). The normalized spacial score (nSPS) is 19.2. The molecule has 1 heterocycles. The Morgan fingerprint density at radius 3 is 2.84 bits per heavy atom. The van der Waals surface area contributed by atoms with Crippen molar-refractivity contribution in [2.24, 2.45) is 0 Å². The van der Waals surface area contributed by atoms with Crippen LogP contribution in [-0.2, 0) is 9.53 Å². The van der Waals surface area contributed by atoms with Gasteiger partial charge in [0.15, 0.2) is 0 Å². The Kier molecular flexibility index (Phi) is 4.56. The Balaban J connectivity index is 1.97. The molecule has 1 unspecified atom stereocenters. The van der Waals surface area contributed by atoms with Gasteiger partial charge in [-0.1, -0.05) is 6.07 Å². The number of amides is 1. The number of morpholine rings is 1. The maximum atomic E-state index is 12.0. The van der Waals surface area contributed by atoms with E-state index in [9.17, 15) is 4.79 Å². The minimum atomic E-state index is 0.0364. The van der Waals surface area contributed by atoms with Crippen LogP contribution in [0.2, 0.25) is 0 Å². The molecule has 0 spiro atoms. The van der Waals surface area contributed by atoms with Crippen molar-refractivity contribution < 1.29 is 9.53 Å². The predicted molar refractivity (Wildman–Crippen MR) is 76.5 cm³/mol. The van der Waals surface area contributed by atoms with Crippen molar-refractivity contribution in [3.8, 4) is 0 Å². The van der Waals surface area contributed by atoms with Gasteiger partial charge in [-0.25, -0.2) is 0 Å². The van der Waals surface area contributed by atoms with Gasteiger partial charge in [-0.2, -0.15) is 0 Å². The molecule has 0 aliphatic carbocycles. The summed E-state index contributed by atoms with van der Waals surface area (Å²) in [6, 6.07) is 4.14. The van der Waals surface area contributed by atoms with Crippen LogP contribution < -0.4 is 10.6 Å². The quantitative estimate of drug-likeness (QED) is 0.875. The standard InChI is InChI=1S/C15H22N2O2/c1-10-4-5-14(12(3)11(10)2)17-15(18)8-13-9-19-7-6-16-13/h4-5,13,16H,6-9H2,1-3H3,(H,17,18). The van der Waals surface area contributed by atoms with Gasteiger partial charge in [-0.15, -0.1) is 0 Å². The zero-order valence-corrected chi connectivity index (χ0v) is 11.9. The lowest BCUT2D eigenvalue weighted by atomic mass is 10.0. The van der Waals surface area contributed by atoms with E-state index in [-0.39, 0.29) is 11.9 Å². The van der Waals surface area contributed by atoms with E-state index in [2.05, 4.69) is 24.5 Å². The number of carbonyl (C=O) groups is 1. The fourth-order valence-electron chi connectivity index (χ4n) is 2.27. The number of anilines is 1. The number of hydrogen-bond donors (Lipinski definition) is 2. The summed E-state index contributed by atoms with van der Waals surface area (Å²) in [7, 11) is 0. The van der Waals surface area contributed by atoms with Gasteiger partial charge < -0.3 is 15.4 Å². The SMILES string of the molecule is Cc1ccc(NC(=O)CC2COCCN2)c(C)c1C. The number of hydrogen-bond acceptors (Lipinski definition) is 3. The Morgan fingerprint density at radius 1 is 1.37 bits per heavy atom. The van der Waals surface area contributed by atoms with E-state index in [4.69, 9.17) is 4.74 Å². The van der Waals surface area contributed by atoms with Gasteiger partial charge in [-0.05, 0) is 43.5 Å². The van der Waals surface area contributed by atoms with Crippen molar-refractivity contribution in [3.63, 3.8) is 0 Å². The summed E-state index contributed by atoms with van der Waals surface area (Å²) in [6.45, 7) is 8.36. The number of aryl methyl sites for hydroxylation is 1. The summed E-state index contributed by atoms with van der Waals surface area (Å²) in [5.74, 6) is 0.0364. The molecule has 2 N–H and O–H groups in total. The number of carbonyl (C=O) groups excluding carboxylic acids is 1. The van der Waals surface area contributed by atoms with Crippen LogP contribution in [0.3, 0.4) is 0 Å². The minimum Gasteiger partial charge on any atom is -0.378 e. The van der Waals surface area contributed by atoms with E-state index in [1.165, 1.54) is 11.1 Å². The Hall–Kier alpha value is -1.39. The van der Waals surface area contributed by atoms with Crippen molar-refractivity contribution in [2.45, 2.75) is 33.2 Å². The summed E-state index contributed by atoms with van der Waals surface area (Å²) in [6.07, 6.45) is 0.451. The zero-order valence-electron chi connectivity index (χ0n) is 11.9. The van der Waals surface area contributed by atoms with Crippen LogP contribution in [0.25, 0.3) is 0 Å². The topological polar surface area (TPSA) is 50.4 Å². The molecule has 104 valence electrons. The van der Waals surface area contributed by atoms with Crippen molar-refractivity contribution in [1.29, 1.82) is 0 Å². The van der Waals surface area contributed by atoms with Gasteiger partial charge in [-0.3, -0.25) is 4.79 Å². The van der Waals surface area contributed by atoms with Gasteiger partial charge >= 0.3 is 0 Å². The maximum Gasteiger partial charge on any atom is 0.226 e. The number of ether oxygens (including phenoxy) is 1. The van der Waals surface area contributed by atoms with Gasteiger partial charge in [0.2, 0.25) is 5.91 Å². The zero-order chi connectivity index (χ0) is 13.8. The molecule has 1 aromatic carbocycles. The highest BCUT2D eigenvalue weighted by Gasteiger charge is 2.17. The molecule has 4 heteroatoms. The lowest BCUT2D eigenvalue weighted by Crippen LogP contribution is -2.43. The van der Waals surface area contributed by atoms with Crippen molar-refractivity contribution in [1.82, 2.24) is 5.32 Å². The van der Waals surface area contributed by atoms with Crippen LogP contribution in [0, 0.1) is 20.8 Å². The van der Waals surface area contributed by atoms with Crippen LogP contribution in [0.1, 0.15) is 23.1 Å². The minimum absolute atomic E-state index is 0.0364. The van der Waals surface area contributed by atoms with E-state index >= 15 is 0 Å². The van der Waals surface area contributed by atoms with Crippen LogP contribution >= 0.6 is 0 Å². The molecule has 4 nitrogen and oxygen atoms in total. The van der Waals surface area contributed by atoms with Gasteiger partial charge in [0.1, 0.15) is 0 Å². The molecule has 1 amide bonds. The molecule has 0 aromatic heterocycles. The molecule has 1 atom stereocenters. The molecule has 1 aromatic rings. The second-order valence-electron chi connectivity index (χ2n) is 5.16.